The molecule has 0 unspecified atom stereocenters. The van der Waals surface area contributed by atoms with Gasteiger partial charge in [-0.3, -0.25) is 14.5 Å². The SMILES string of the molecule is CN(CC(=O)NC1CC1)C(=O)CN1CC(CO)C1. The van der Waals surface area contributed by atoms with Crippen molar-refractivity contribution in [1.82, 2.24) is 15.1 Å². The molecule has 0 bridgehead atoms. The third-order valence-corrected chi connectivity index (χ3v) is 3.40. The van der Waals surface area contributed by atoms with Crippen LogP contribution in [0, 0.1) is 5.92 Å². The molecule has 1 aliphatic heterocycles. The molecule has 1 saturated heterocycles. The molecule has 6 nitrogen and oxygen atoms in total. The Balaban J connectivity index is 1.63. The van der Waals surface area contributed by atoms with Gasteiger partial charge in [0.25, 0.3) is 0 Å². The molecule has 1 heterocycles. The fourth-order valence-electron chi connectivity index (χ4n) is 2.04. The molecular formula is C12H21N3O3. The highest BCUT2D eigenvalue weighted by atomic mass is 16.3. The zero-order valence-corrected chi connectivity index (χ0v) is 10.8. The fourth-order valence-corrected chi connectivity index (χ4v) is 2.04. The van der Waals surface area contributed by atoms with Crippen molar-refractivity contribution in [2.75, 3.05) is 39.8 Å². The number of hydrogen-bond donors (Lipinski definition) is 2. The summed E-state index contributed by atoms with van der Waals surface area (Å²) in [6.45, 7) is 2.19. The van der Waals surface area contributed by atoms with Gasteiger partial charge in [-0.05, 0) is 12.8 Å². The van der Waals surface area contributed by atoms with Crippen molar-refractivity contribution in [3.8, 4) is 0 Å². The van der Waals surface area contributed by atoms with Crippen molar-refractivity contribution in [3.05, 3.63) is 0 Å². The first kappa shape index (κ1) is 13.3. The van der Waals surface area contributed by atoms with Crippen LogP contribution in [0.15, 0.2) is 0 Å². The van der Waals surface area contributed by atoms with E-state index < -0.39 is 0 Å². The van der Waals surface area contributed by atoms with E-state index in [0.717, 1.165) is 25.9 Å². The van der Waals surface area contributed by atoms with Gasteiger partial charge in [-0.15, -0.1) is 0 Å². The minimum atomic E-state index is -0.0785. The highest BCUT2D eigenvalue weighted by Crippen LogP contribution is 2.18. The molecule has 1 saturated carbocycles. The van der Waals surface area contributed by atoms with Crippen LogP contribution in [0.4, 0.5) is 0 Å². The number of rotatable bonds is 6. The van der Waals surface area contributed by atoms with Crippen LogP contribution in [-0.4, -0.2) is 72.6 Å². The Morgan fingerprint density at radius 2 is 2.06 bits per heavy atom. The maximum atomic E-state index is 11.8. The second kappa shape index (κ2) is 5.67. The summed E-state index contributed by atoms with van der Waals surface area (Å²) in [5, 5.41) is 11.7. The van der Waals surface area contributed by atoms with E-state index in [0.29, 0.717) is 18.5 Å². The number of hydrogen-bond acceptors (Lipinski definition) is 4. The van der Waals surface area contributed by atoms with E-state index in [2.05, 4.69) is 5.32 Å². The van der Waals surface area contributed by atoms with Crippen molar-refractivity contribution in [1.29, 1.82) is 0 Å². The quantitative estimate of drug-likeness (QED) is 0.615. The van der Waals surface area contributed by atoms with Gasteiger partial charge in [0, 0.05) is 38.7 Å². The molecule has 0 spiro atoms. The maximum Gasteiger partial charge on any atom is 0.239 e. The van der Waals surface area contributed by atoms with Crippen LogP contribution in [0.2, 0.25) is 0 Å². The van der Waals surface area contributed by atoms with Crippen LogP contribution in [-0.2, 0) is 9.59 Å². The Morgan fingerprint density at radius 1 is 1.39 bits per heavy atom. The second-order valence-corrected chi connectivity index (χ2v) is 5.33. The number of nitrogens with zero attached hydrogens (tertiary/aromatic N) is 2. The van der Waals surface area contributed by atoms with E-state index in [1.807, 2.05) is 4.90 Å². The van der Waals surface area contributed by atoms with Crippen molar-refractivity contribution < 1.29 is 14.7 Å². The number of likely N-dealkylation sites (N-methyl/N-ethyl adjacent to an activating group) is 1. The van der Waals surface area contributed by atoms with Crippen LogP contribution in [0.1, 0.15) is 12.8 Å². The highest BCUT2D eigenvalue weighted by molar-refractivity contribution is 5.85. The molecule has 6 heteroatoms. The first-order valence-corrected chi connectivity index (χ1v) is 6.45. The average Bonchev–Trinajstić information content (AvgIpc) is 3.05. The number of carbonyl (C=O) groups excluding carboxylic acids is 2. The molecule has 2 N–H and O–H groups in total. The van der Waals surface area contributed by atoms with Gasteiger partial charge in [-0.1, -0.05) is 0 Å². The number of aliphatic hydroxyl groups is 1. The first-order chi connectivity index (χ1) is 8.58. The lowest BCUT2D eigenvalue weighted by Gasteiger charge is -2.38. The van der Waals surface area contributed by atoms with E-state index in [-0.39, 0.29) is 25.0 Å². The van der Waals surface area contributed by atoms with Gasteiger partial charge in [-0.25, -0.2) is 0 Å². The van der Waals surface area contributed by atoms with Crippen molar-refractivity contribution >= 4 is 11.8 Å². The van der Waals surface area contributed by atoms with E-state index in [4.69, 9.17) is 5.11 Å². The topological polar surface area (TPSA) is 72.9 Å². The Hall–Kier alpha value is -1.14. The summed E-state index contributed by atoms with van der Waals surface area (Å²) in [6.07, 6.45) is 2.11. The normalized spacial score (nSPS) is 20.3. The standard InChI is InChI=1S/C12H21N3O3/c1-14(6-11(17)13-10-2-3-10)12(18)7-15-4-9(5-15)8-16/h9-10,16H,2-8H2,1H3,(H,13,17). The summed E-state index contributed by atoms with van der Waals surface area (Å²) < 4.78 is 0. The zero-order chi connectivity index (χ0) is 13.1. The van der Waals surface area contributed by atoms with Crippen molar-refractivity contribution in [3.63, 3.8) is 0 Å². The predicted molar refractivity (Wildman–Crippen MR) is 65.8 cm³/mol. The molecule has 102 valence electrons. The molecule has 0 aromatic heterocycles. The summed E-state index contributed by atoms with van der Waals surface area (Å²) in [5.41, 5.74) is 0. The van der Waals surface area contributed by atoms with Crippen LogP contribution in [0.25, 0.3) is 0 Å². The zero-order valence-electron chi connectivity index (χ0n) is 10.8. The monoisotopic (exact) mass is 255 g/mol. The number of nitrogens with one attached hydrogen (secondary N) is 1. The first-order valence-electron chi connectivity index (χ1n) is 6.45. The summed E-state index contributed by atoms with van der Waals surface area (Å²) in [7, 11) is 1.65. The molecule has 0 radical (unpaired) electrons. The van der Waals surface area contributed by atoms with Crippen LogP contribution in [0.3, 0.4) is 0 Å². The lowest BCUT2D eigenvalue weighted by Crippen LogP contribution is -2.52. The summed E-state index contributed by atoms with van der Waals surface area (Å²) in [6, 6.07) is 0.335. The maximum absolute atomic E-state index is 11.8. The molecule has 0 aromatic carbocycles. The summed E-state index contributed by atoms with van der Waals surface area (Å²) >= 11 is 0. The van der Waals surface area contributed by atoms with Gasteiger partial charge in [0.2, 0.25) is 11.8 Å². The van der Waals surface area contributed by atoms with Gasteiger partial charge < -0.3 is 15.3 Å². The molecule has 0 atom stereocenters. The molecule has 2 aliphatic rings. The minimum absolute atomic E-state index is 0.0441. The highest BCUT2D eigenvalue weighted by Gasteiger charge is 2.29. The number of amides is 2. The molecule has 2 amide bonds. The molecule has 2 rings (SSSR count). The van der Waals surface area contributed by atoms with E-state index >= 15 is 0 Å². The summed E-state index contributed by atoms with van der Waals surface area (Å²) in [4.78, 5) is 26.8. The molecule has 18 heavy (non-hydrogen) atoms. The molecule has 0 aromatic rings. The van der Waals surface area contributed by atoms with Gasteiger partial charge in [-0.2, -0.15) is 0 Å². The molecular weight excluding hydrogens is 234 g/mol. The van der Waals surface area contributed by atoms with Gasteiger partial charge in [0.1, 0.15) is 0 Å². The predicted octanol–water partition coefficient (Wildman–Crippen LogP) is -1.35. The average molecular weight is 255 g/mol. The van der Waals surface area contributed by atoms with Crippen LogP contribution < -0.4 is 5.32 Å². The van der Waals surface area contributed by atoms with Crippen molar-refractivity contribution in [2.24, 2.45) is 5.92 Å². The summed E-state index contributed by atoms with van der Waals surface area (Å²) in [5.74, 6) is 0.184. The largest absolute Gasteiger partial charge is 0.396 e. The molecule has 2 fully saturated rings. The Morgan fingerprint density at radius 3 is 2.61 bits per heavy atom. The van der Waals surface area contributed by atoms with E-state index in [9.17, 15) is 9.59 Å². The fraction of sp³-hybridized carbons (Fsp3) is 0.833. The Kier molecular flexibility index (Phi) is 4.19. The number of likely N-dealkylation sites (tertiary alicyclic amines) is 1. The Labute approximate surface area is 107 Å². The molecule has 1 aliphatic carbocycles. The smallest absolute Gasteiger partial charge is 0.239 e. The van der Waals surface area contributed by atoms with Gasteiger partial charge in [0.05, 0.1) is 13.1 Å². The lowest BCUT2D eigenvalue weighted by atomic mass is 10.0. The van der Waals surface area contributed by atoms with E-state index in [1.54, 1.807) is 7.05 Å². The second-order valence-electron chi connectivity index (χ2n) is 5.33. The van der Waals surface area contributed by atoms with E-state index in [1.165, 1.54) is 4.90 Å². The van der Waals surface area contributed by atoms with Crippen molar-refractivity contribution in [2.45, 2.75) is 18.9 Å². The van der Waals surface area contributed by atoms with Crippen LogP contribution >= 0.6 is 0 Å². The third kappa shape index (κ3) is 3.68. The third-order valence-electron chi connectivity index (χ3n) is 3.40. The number of aliphatic hydroxyl groups excluding tert-OH is 1. The lowest BCUT2D eigenvalue weighted by molar-refractivity contribution is -0.137. The van der Waals surface area contributed by atoms with Crippen LogP contribution in [0.5, 0.6) is 0 Å². The Bertz CT molecular complexity index is 325. The van der Waals surface area contributed by atoms with Gasteiger partial charge in [0.15, 0.2) is 0 Å². The van der Waals surface area contributed by atoms with Gasteiger partial charge >= 0.3 is 0 Å². The minimum Gasteiger partial charge on any atom is -0.396 e. The number of carbonyl (C=O) groups is 2.